The first-order chi connectivity index (χ1) is 18.2. The number of carbonyl (C=O) groups is 2. The molecule has 11 nitrogen and oxygen atoms in total. The molecule has 0 aliphatic rings. The first-order valence-corrected chi connectivity index (χ1v) is 13.5. The predicted molar refractivity (Wildman–Crippen MR) is 137 cm³/mol. The lowest BCUT2D eigenvalue weighted by molar-refractivity contribution is -0.145. The van der Waals surface area contributed by atoms with Gasteiger partial charge < -0.3 is 42.6 Å². The summed E-state index contributed by atoms with van der Waals surface area (Å²) in [6, 6.07) is 0. The molecule has 0 fully saturated rings. The number of hydrogen-bond acceptors (Lipinski definition) is 11. The molecular weight excluding hydrogens is 488 g/mol. The fraction of sp³-hybridized carbons (Fsp3) is 0.923. The Labute approximate surface area is 222 Å². The summed E-state index contributed by atoms with van der Waals surface area (Å²) in [6.45, 7) is 10.5. The number of carbonyl (C=O) groups excluding carboxylic acids is 2. The van der Waals surface area contributed by atoms with Crippen LogP contribution in [-0.4, -0.2) is 118 Å². The molecule has 220 valence electrons. The van der Waals surface area contributed by atoms with E-state index >= 15 is 0 Å². The van der Waals surface area contributed by atoms with Gasteiger partial charge in [0, 0.05) is 13.3 Å². The monoisotopic (exact) mass is 538 g/mol. The van der Waals surface area contributed by atoms with Crippen molar-refractivity contribution in [3.8, 4) is 0 Å². The highest BCUT2D eigenvalue weighted by atomic mass is 16.6. The predicted octanol–water partition coefficient (Wildman–Crippen LogP) is 2.57. The SMILES string of the molecule is CCCCCCCC(=O)OCCOCCOCCOCCOCCOCCOCCOCCOC(C)=O. The minimum Gasteiger partial charge on any atom is -0.463 e. The zero-order valence-electron chi connectivity index (χ0n) is 23.0. The van der Waals surface area contributed by atoms with Crippen LogP contribution in [0.3, 0.4) is 0 Å². The molecule has 0 aromatic carbocycles. The van der Waals surface area contributed by atoms with E-state index in [-0.39, 0.29) is 25.2 Å². The molecule has 0 saturated heterocycles. The highest BCUT2D eigenvalue weighted by molar-refractivity contribution is 5.69. The number of ether oxygens (including phenoxy) is 9. The highest BCUT2D eigenvalue weighted by Crippen LogP contribution is 2.05. The van der Waals surface area contributed by atoms with Gasteiger partial charge in [-0.05, 0) is 6.42 Å². The Morgan fingerprint density at radius 1 is 0.432 bits per heavy atom. The van der Waals surface area contributed by atoms with E-state index in [0.717, 1.165) is 12.8 Å². The summed E-state index contributed by atoms with van der Waals surface area (Å²) < 4.78 is 47.6. The van der Waals surface area contributed by atoms with Crippen molar-refractivity contribution in [3.63, 3.8) is 0 Å². The van der Waals surface area contributed by atoms with Crippen LogP contribution in [0.15, 0.2) is 0 Å². The summed E-state index contributed by atoms with van der Waals surface area (Å²) in [5, 5.41) is 0. The van der Waals surface area contributed by atoms with Gasteiger partial charge in [0.05, 0.1) is 92.5 Å². The molecule has 0 heterocycles. The number of rotatable bonds is 30. The Morgan fingerprint density at radius 2 is 0.757 bits per heavy atom. The summed E-state index contributed by atoms with van der Waals surface area (Å²) in [7, 11) is 0. The normalized spacial score (nSPS) is 11.1. The lowest BCUT2D eigenvalue weighted by Gasteiger charge is -2.09. The smallest absolute Gasteiger partial charge is 0.305 e. The van der Waals surface area contributed by atoms with Gasteiger partial charge in [-0.25, -0.2) is 0 Å². The molecule has 0 radical (unpaired) electrons. The van der Waals surface area contributed by atoms with Gasteiger partial charge in [0.2, 0.25) is 0 Å². The Hall–Kier alpha value is -1.34. The van der Waals surface area contributed by atoms with Crippen LogP contribution in [0.25, 0.3) is 0 Å². The molecule has 0 unspecified atom stereocenters. The van der Waals surface area contributed by atoms with E-state index in [0.29, 0.717) is 98.9 Å². The van der Waals surface area contributed by atoms with Crippen LogP contribution < -0.4 is 0 Å². The molecule has 11 heteroatoms. The van der Waals surface area contributed by atoms with Gasteiger partial charge in [0.15, 0.2) is 0 Å². The molecule has 0 N–H and O–H groups in total. The minimum absolute atomic E-state index is 0.149. The molecule has 0 amide bonds. The average molecular weight is 539 g/mol. The summed E-state index contributed by atoms with van der Waals surface area (Å²) in [5.74, 6) is -0.461. The summed E-state index contributed by atoms with van der Waals surface area (Å²) in [5.41, 5.74) is 0. The Bertz CT molecular complexity index is 491. The quantitative estimate of drug-likeness (QED) is 0.0992. The summed E-state index contributed by atoms with van der Waals surface area (Å²) >= 11 is 0. The van der Waals surface area contributed by atoms with Crippen LogP contribution in [0.4, 0.5) is 0 Å². The van der Waals surface area contributed by atoms with Crippen molar-refractivity contribution in [2.45, 2.75) is 52.4 Å². The third-order valence-corrected chi connectivity index (χ3v) is 4.74. The maximum Gasteiger partial charge on any atom is 0.305 e. The van der Waals surface area contributed by atoms with Crippen LogP contribution in [0.2, 0.25) is 0 Å². The Morgan fingerprint density at radius 3 is 1.11 bits per heavy atom. The summed E-state index contributed by atoms with van der Waals surface area (Å²) in [4.78, 5) is 22.1. The molecule has 0 aromatic heterocycles. The zero-order chi connectivity index (χ0) is 27.1. The Balaban J connectivity index is 3.09. The van der Waals surface area contributed by atoms with Crippen LogP contribution in [0.5, 0.6) is 0 Å². The standard InChI is InChI=1S/C26H50O11/c1-3-4-5-6-7-8-26(28)37-24-22-35-20-18-33-16-14-31-12-10-29-9-11-30-13-15-32-17-19-34-21-23-36-25(2)27/h3-24H2,1-2H3. The van der Waals surface area contributed by atoms with E-state index in [1.165, 1.54) is 26.2 Å². The van der Waals surface area contributed by atoms with Crippen molar-refractivity contribution >= 4 is 11.9 Å². The molecule has 0 rings (SSSR count). The van der Waals surface area contributed by atoms with Crippen molar-refractivity contribution in [1.82, 2.24) is 0 Å². The number of hydrogen-bond donors (Lipinski definition) is 0. The maximum absolute atomic E-state index is 11.6. The van der Waals surface area contributed by atoms with Crippen LogP contribution in [-0.2, 0) is 52.2 Å². The van der Waals surface area contributed by atoms with Gasteiger partial charge in [-0.15, -0.1) is 0 Å². The fourth-order valence-electron chi connectivity index (χ4n) is 2.83. The van der Waals surface area contributed by atoms with Gasteiger partial charge in [-0.1, -0.05) is 32.6 Å². The van der Waals surface area contributed by atoms with Gasteiger partial charge >= 0.3 is 11.9 Å². The highest BCUT2D eigenvalue weighted by Gasteiger charge is 2.02. The van der Waals surface area contributed by atoms with Crippen molar-refractivity contribution in [2.75, 3.05) is 106 Å². The van der Waals surface area contributed by atoms with Crippen molar-refractivity contribution in [1.29, 1.82) is 0 Å². The molecule has 0 aliphatic carbocycles. The fourth-order valence-corrected chi connectivity index (χ4v) is 2.83. The van der Waals surface area contributed by atoms with Gasteiger partial charge in [0.25, 0.3) is 0 Å². The van der Waals surface area contributed by atoms with Crippen LogP contribution in [0.1, 0.15) is 52.4 Å². The van der Waals surface area contributed by atoms with E-state index in [9.17, 15) is 9.59 Å². The molecule has 0 saturated carbocycles. The molecule has 0 spiro atoms. The van der Waals surface area contributed by atoms with Crippen molar-refractivity contribution in [3.05, 3.63) is 0 Å². The number of unbranched alkanes of at least 4 members (excludes halogenated alkanes) is 4. The second-order valence-corrected chi connectivity index (χ2v) is 8.01. The third kappa shape index (κ3) is 32.6. The first kappa shape index (κ1) is 35.7. The summed E-state index contributed by atoms with van der Waals surface area (Å²) in [6.07, 6.45) is 6.07. The molecule has 37 heavy (non-hydrogen) atoms. The third-order valence-electron chi connectivity index (χ3n) is 4.74. The Kier molecular flexibility index (Phi) is 29.8. The zero-order valence-corrected chi connectivity index (χ0v) is 23.0. The molecule has 0 aromatic rings. The van der Waals surface area contributed by atoms with Gasteiger partial charge in [0.1, 0.15) is 13.2 Å². The maximum atomic E-state index is 11.6. The molecule has 0 aliphatic heterocycles. The lowest BCUT2D eigenvalue weighted by atomic mass is 10.1. The van der Waals surface area contributed by atoms with E-state index < -0.39 is 0 Å². The van der Waals surface area contributed by atoms with E-state index in [1.807, 2.05) is 0 Å². The second-order valence-electron chi connectivity index (χ2n) is 8.01. The van der Waals surface area contributed by atoms with Crippen molar-refractivity contribution in [2.24, 2.45) is 0 Å². The molecule has 0 bridgehead atoms. The van der Waals surface area contributed by atoms with E-state index in [1.54, 1.807) is 0 Å². The number of esters is 2. The van der Waals surface area contributed by atoms with Crippen LogP contribution >= 0.6 is 0 Å². The minimum atomic E-state index is -0.311. The molecular formula is C26H50O11. The molecule has 0 atom stereocenters. The first-order valence-electron chi connectivity index (χ1n) is 13.5. The van der Waals surface area contributed by atoms with Crippen LogP contribution in [0, 0.1) is 0 Å². The van der Waals surface area contributed by atoms with Gasteiger partial charge in [-0.2, -0.15) is 0 Å². The van der Waals surface area contributed by atoms with E-state index in [4.69, 9.17) is 42.6 Å². The van der Waals surface area contributed by atoms with Crippen molar-refractivity contribution < 1.29 is 52.2 Å². The second kappa shape index (κ2) is 30.9. The lowest BCUT2D eigenvalue weighted by Crippen LogP contribution is -2.15. The largest absolute Gasteiger partial charge is 0.463 e. The average Bonchev–Trinajstić information content (AvgIpc) is 2.88. The topological polar surface area (TPSA) is 117 Å². The van der Waals surface area contributed by atoms with E-state index in [2.05, 4.69) is 6.92 Å². The van der Waals surface area contributed by atoms with Gasteiger partial charge in [-0.3, -0.25) is 9.59 Å².